The molecule has 2 heterocycles. The van der Waals surface area contributed by atoms with Crippen molar-refractivity contribution < 1.29 is 14.3 Å². The van der Waals surface area contributed by atoms with Gasteiger partial charge in [0.25, 0.3) is 0 Å². The maximum atomic E-state index is 11.9. The second kappa shape index (κ2) is 6.22. The van der Waals surface area contributed by atoms with Gasteiger partial charge >= 0.3 is 5.97 Å². The molecule has 0 aliphatic carbocycles. The van der Waals surface area contributed by atoms with E-state index in [1.165, 1.54) is 22.3 Å². The quantitative estimate of drug-likeness (QED) is 0.572. The molecule has 0 bridgehead atoms. The highest BCUT2D eigenvalue weighted by Gasteiger charge is 2.16. The molecule has 0 unspecified atom stereocenters. The van der Waals surface area contributed by atoms with Crippen LogP contribution in [0.1, 0.15) is 16.1 Å². The van der Waals surface area contributed by atoms with Gasteiger partial charge in [-0.3, -0.25) is 0 Å². The van der Waals surface area contributed by atoms with Crippen LogP contribution >= 0.6 is 11.3 Å². The lowest BCUT2D eigenvalue weighted by molar-refractivity contribution is 0.0474. The van der Waals surface area contributed by atoms with Gasteiger partial charge < -0.3 is 9.47 Å². The van der Waals surface area contributed by atoms with Gasteiger partial charge in [-0.05, 0) is 21.9 Å². The summed E-state index contributed by atoms with van der Waals surface area (Å²) in [6.45, 7) is 0.900. The lowest BCUT2D eigenvalue weighted by Gasteiger charge is -2.04. The first-order valence-corrected chi connectivity index (χ1v) is 6.18. The minimum Gasteiger partial charge on any atom is -0.461 e. The van der Waals surface area contributed by atoms with Crippen LogP contribution < -0.4 is 0 Å². The highest BCUT2D eigenvalue weighted by molar-refractivity contribution is 7.12. The molecule has 96 valence electrons. The van der Waals surface area contributed by atoms with Crippen molar-refractivity contribution in [1.82, 2.24) is 20.2 Å². The third-order valence-corrected chi connectivity index (χ3v) is 3.04. The van der Waals surface area contributed by atoms with E-state index in [0.717, 1.165) is 0 Å². The van der Waals surface area contributed by atoms with E-state index in [1.54, 1.807) is 18.6 Å². The molecule has 18 heavy (non-hydrogen) atoms. The van der Waals surface area contributed by atoms with Crippen LogP contribution in [-0.4, -0.2) is 46.5 Å². The summed E-state index contributed by atoms with van der Waals surface area (Å²) >= 11 is 1.30. The summed E-state index contributed by atoms with van der Waals surface area (Å²) in [6.07, 6.45) is 2.11. The Labute approximate surface area is 107 Å². The van der Waals surface area contributed by atoms with Crippen LogP contribution in [-0.2, 0) is 9.47 Å². The van der Waals surface area contributed by atoms with Gasteiger partial charge in [0.15, 0.2) is 0 Å². The zero-order valence-corrected chi connectivity index (χ0v) is 10.6. The zero-order chi connectivity index (χ0) is 12.8. The van der Waals surface area contributed by atoms with E-state index in [0.29, 0.717) is 30.2 Å². The predicted octanol–water partition coefficient (Wildman–Crippen LogP) is 0.917. The van der Waals surface area contributed by atoms with Crippen LogP contribution in [0.3, 0.4) is 0 Å². The van der Waals surface area contributed by atoms with Crippen LogP contribution in [0.4, 0.5) is 0 Å². The molecule has 0 fully saturated rings. The van der Waals surface area contributed by atoms with E-state index in [9.17, 15) is 4.79 Å². The van der Waals surface area contributed by atoms with Crippen molar-refractivity contribution in [3.05, 3.63) is 22.7 Å². The first kappa shape index (κ1) is 12.7. The summed E-state index contributed by atoms with van der Waals surface area (Å²) in [4.78, 5) is 12.3. The number of hydrogen-bond donors (Lipinski definition) is 0. The van der Waals surface area contributed by atoms with Gasteiger partial charge in [0.05, 0.1) is 12.3 Å². The molecule has 2 rings (SSSR count). The summed E-state index contributed by atoms with van der Waals surface area (Å²) < 4.78 is 11.4. The van der Waals surface area contributed by atoms with Crippen LogP contribution in [0, 0.1) is 0 Å². The second-order valence-electron chi connectivity index (χ2n) is 3.37. The molecule has 0 aliphatic heterocycles. The van der Waals surface area contributed by atoms with Crippen molar-refractivity contribution in [2.45, 2.75) is 6.42 Å². The van der Waals surface area contributed by atoms with Crippen LogP contribution in [0.25, 0.3) is 5.69 Å². The summed E-state index contributed by atoms with van der Waals surface area (Å²) in [7, 11) is 1.61. The number of nitrogens with zero attached hydrogens (tertiary/aromatic N) is 4. The number of ether oxygens (including phenoxy) is 2. The van der Waals surface area contributed by atoms with Crippen LogP contribution in [0.15, 0.2) is 17.8 Å². The van der Waals surface area contributed by atoms with Crippen molar-refractivity contribution >= 4 is 17.3 Å². The van der Waals surface area contributed by atoms with Gasteiger partial charge in [0.1, 0.15) is 11.2 Å². The number of tetrazole rings is 1. The summed E-state index contributed by atoms with van der Waals surface area (Å²) in [5.74, 6) is -0.369. The zero-order valence-electron chi connectivity index (χ0n) is 9.78. The van der Waals surface area contributed by atoms with Crippen molar-refractivity contribution in [1.29, 1.82) is 0 Å². The average molecular weight is 268 g/mol. The Kier molecular flexibility index (Phi) is 4.37. The van der Waals surface area contributed by atoms with Crippen molar-refractivity contribution in [3.63, 3.8) is 0 Å². The van der Waals surface area contributed by atoms with E-state index < -0.39 is 0 Å². The second-order valence-corrected chi connectivity index (χ2v) is 4.29. The minimum absolute atomic E-state index is 0.333. The average Bonchev–Trinajstić information content (AvgIpc) is 3.02. The highest BCUT2D eigenvalue weighted by atomic mass is 32.1. The van der Waals surface area contributed by atoms with E-state index in [4.69, 9.17) is 9.47 Å². The lowest BCUT2D eigenvalue weighted by atomic mass is 10.4. The van der Waals surface area contributed by atoms with Gasteiger partial charge in [0.2, 0.25) is 0 Å². The fraction of sp³-hybridized carbons (Fsp3) is 0.400. The molecule has 2 aromatic rings. The Hall–Kier alpha value is -1.80. The van der Waals surface area contributed by atoms with E-state index in [1.807, 2.05) is 0 Å². The third kappa shape index (κ3) is 2.90. The smallest absolute Gasteiger partial charge is 0.350 e. The molecule has 2 aromatic heterocycles. The van der Waals surface area contributed by atoms with Crippen LogP contribution in [0.5, 0.6) is 0 Å². The molecule has 0 N–H and O–H groups in total. The normalized spacial score (nSPS) is 10.5. The van der Waals surface area contributed by atoms with Crippen molar-refractivity contribution in [3.8, 4) is 5.69 Å². The molecular formula is C10H12N4O3S. The molecule has 0 saturated carbocycles. The van der Waals surface area contributed by atoms with Gasteiger partial charge in [-0.1, -0.05) is 0 Å². The molecule has 0 atom stereocenters. The largest absolute Gasteiger partial charge is 0.461 e. The molecule has 0 aliphatic rings. The van der Waals surface area contributed by atoms with Gasteiger partial charge in [0, 0.05) is 20.1 Å². The Morgan fingerprint density at radius 3 is 3.11 bits per heavy atom. The molecule has 0 radical (unpaired) electrons. The Morgan fingerprint density at radius 1 is 1.50 bits per heavy atom. The van der Waals surface area contributed by atoms with Crippen LogP contribution in [0.2, 0.25) is 0 Å². The molecule has 0 spiro atoms. The number of aromatic nitrogens is 4. The van der Waals surface area contributed by atoms with E-state index in [-0.39, 0.29) is 5.97 Å². The summed E-state index contributed by atoms with van der Waals surface area (Å²) in [5.41, 5.74) is 0.627. The summed E-state index contributed by atoms with van der Waals surface area (Å²) in [5, 5.41) is 12.6. The molecule has 0 amide bonds. The number of carbonyl (C=O) groups is 1. The Morgan fingerprint density at radius 2 is 2.39 bits per heavy atom. The standard InChI is InChI=1S/C10H12N4O3S/c1-16-4-2-5-17-10(15)9-8(3-6-18-9)14-7-11-12-13-14/h3,6-7H,2,4-5H2,1H3. The predicted molar refractivity (Wildman–Crippen MR) is 63.8 cm³/mol. The van der Waals surface area contributed by atoms with Gasteiger partial charge in [-0.15, -0.1) is 16.4 Å². The van der Waals surface area contributed by atoms with Crippen molar-refractivity contribution in [2.24, 2.45) is 0 Å². The van der Waals surface area contributed by atoms with E-state index >= 15 is 0 Å². The number of esters is 1. The summed E-state index contributed by atoms with van der Waals surface area (Å²) in [6, 6.07) is 1.77. The fourth-order valence-electron chi connectivity index (χ4n) is 1.34. The number of carbonyl (C=O) groups excluding carboxylic acids is 1. The SMILES string of the molecule is COCCCOC(=O)c1sccc1-n1cnnn1. The number of hydrogen-bond acceptors (Lipinski definition) is 7. The Balaban J connectivity index is 2.01. The Bertz CT molecular complexity index is 497. The minimum atomic E-state index is -0.369. The topological polar surface area (TPSA) is 79.1 Å². The lowest BCUT2D eigenvalue weighted by Crippen LogP contribution is -2.09. The van der Waals surface area contributed by atoms with E-state index in [2.05, 4.69) is 15.5 Å². The molecule has 0 aromatic carbocycles. The van der Waals surface area contributed by atoms with Gasteiger partial charge in [-0.25, -0.2) is 4.79 Å². The van der Waals surface area contributed by atoms with Crippen molar-refractivity contribution in [2.75, 3.05) is 20.3 Å². The molecule has 8 heteroatoms. The van der Waals surface area contributed by atoms with Gasteiger partial charge in [-0.2, -0.15) is 4.68 Å². The number of rotatable bonds is 6. The number of thiophene rings is 1. The maximum absolute atomic E-state index is 11.9. The number of methoxy groups -OCH3 is 1. The molecular weight excluding hydrogens is 256 g/mol. The first-order chi connectivity index (χ1) is 8.83. The molecule has 0 saturated heterocycles. The highest BCUT2D eigenvalue weighted by Crippen LogP contribution is 2.20. The first-order valence-electron chi connectivity index (χ1n) is 5.30. The maximum Gasteiger partial charge on any atom is 0.350 e. The monoisotopic (exact) mass is 268 g/mol. The third-order valence-electron chi connectivity index (χ3n) is 2.15. The molecule has 7 nitrogen and oxygen atoms in total. The fourth-order valence-corrected chi connectivity index (χ4v) is 2.11.